The van der Waals surface area contributed by atoms with Gasteiger partial charge in [-0.1, -0.05) is 6.07 Å². The molecule has 3 N–H and O–H groups in total. The van der Waals surface area contributed by atoms with Crippen LogP contribution in [0, 0.1) is 0 Å². The van der Waals surface area contributed by atoms with Gasteiger partial charge in [0.2, 0.25) is 5.95 Å². The van der Waals surface area contributed by atoms with Crippen molar-refractivity contribution in [3.63, 3.8) is 0 Å². The van der Waals surface area contributed by atoms with Gasteiger partial charge in [-0.05, 0) is 31.4 Å². The molecule has 0 saturated heterocycles. The van der Waals surface area contributed by atoms with Gasteiger partial charge in [-0.25, -0.2) is 4.98 Å². The summed E-state index contributed by atoms with van der Waals surface area (Å²) in [6.45, 7) is 2.62. The van der Waals surface area contributed by atoms with E-state index in [9.17, 15) is 0 Å². The standard InChI is InChI=1S/C16H21N5O/c1-11(10-22)19-16-20-14(13-4-5-13)7-15(21-16)18-9-12-3-2-6-17-8-12/h2-3,6-8,11,13,22H,4-5,9-10H2,1H3,(H2,18,19,20,21)/t11-/m1/s1. The summed E-state index contributed by atoms with van der Waals surface area (Å²) in [6.07, 6.45) is 5.97. The van der Waals surface area contributed by atoms with E-state index in [4.69, 9.17) is 5.11 Å². The molecular formula is C16H21N5O. The number of nitrogens with zero attached hydrogens (tertiary/aromatic N) is 3. The average Bonchev–Trinajstić information content (AvgIpc) is 3.38. The summed E-state index contributed by atoms with van der Waals surface area (Å²) in [4.78, 5) is 13.1. The molecule has 3 rings (SSSR count). The van der Waals surface area contributed by atoms with Crippen LogP contribution in [-0.4, -0.2) is 32.7 Å². The van der Waals surface area contributed by atoms with Crippen molar-refractivity contribution in [2.45, 2.75) is 38.3 Å². The van der Waals surface area contributed by atoms with Crippen LogP contribution >= 0.6 is 0 Å². The number of anilines is 2. The van der Waals surface area contributed by atoms with E-state index in [0.717, 1.165) is 17.1 Å². The summed E-state index contributed by atoms with van der Waals surface area (Å²) >= 11 is 0. The van der Waals surface area contributed by atoms with E-state index in [1.165, 1.54) is 12.8 Å². The fourth-order valence-electron chi connectivity index (χ4n) is 2.17. The van der Waals surface area contributed by atoms with Crippen molar-refractivity contribution in [1.29, 1.82) is 0 Å². The zero-order valence-corrected chi connectivity index (χ0v) is 12.7. The maximum atomic E-state index is 9.17. The lowest BCUT2D eigenvalue weighted by atomic mass is 10.2. The Labute approximate surface area is 130 Å². The molecule has 22 heavy (non-hydrogen) atoms. The van der Waals surface area contributed by atoms with Crippen molar-refractivity contribution in [3.8, 4) is 0 Å². The van der Waals surface area contributed by atoms with Crippen LogP contribution in [0.3, 0.4) is 0 Å². The molecule has 0 amide bonds. The van der Waals surface area contributed by atoms with Gasteiger partial charge in [-0.2, -0.15) is 4.98 Å². The Bertz CT molecular complexity index is 615. The molecule has 2 aromatic rings. The van der Waals surface area contributed by atoms with Gasteiger partial charge in [0, 0.05) is 37.0 Å². The Morgan fingerprint density at radius 1 is 1.36 bits per heavy atom. The van der Waals surface area contributed by atoms with Crippen molar-refractivity contribution >= 4 is 11.8 Å². The third kappa shape index (κ3) is 3.92. The third-order valence-electron chi connectivity index (χ3n) is 3.59. The molecule has 6 heteroatoms. The molecule has 1 aliphatic carbocycles. The highest BCUT2D eigenvalue weighted by atomic mass is 16.3. The highest BCUT2D eigenvalue weighted by Gasteiger charge is 2.26. The van der Waals surface area contributed by atoms with Gasteiger partial charge >= 0.3 is 0 Å². The Kier molecular flexibility index (Phi) is 4.48. The van der Waals surface area contributed by atoms with E-state index in [2.05, 4.69) is 25.6 Å². The van der Waals surface area contributed by atoms with E-state index in [0.29, 0.717) is 18.4 Å². The molecule has 116 valence electrons. The topological polar surface area (TPSA) is 83.0 Å². The van der Waals surface area contributed by atoms with Gasteiger partial charge in [-0.15, -0.1) is 0 Å². The Morgan fingerprint density at radius 3 is 2.91 bits per heavy atom. The molecule has 2 heterocycles. The van der Waals surface area contributed by atoms with Crippen molar-refractivity contribution < 1.29 is 5.11 Å². The number of aliphatic hydroxyl groups is 1. The SMILES string of the molecule is C[C@H](CO)Nc1nc(NCc2cccnc2)cc(C2CC2)n1. The molecule has 0 aromatic carbocycles. The quantitative estimate of drug-likeness (QED) is 0.726. The molecular weight excluding hydrogens is 278 g/mol. The molecule has 0 unspecified atom stereocenters. The number of aliphatic hydroxyl groups excluding tert-OH is 1. The predicted octanol–water partition coefficient (Wildman–Crippen LogP) is 2.15. The number of nitrogens with one attached hydrogen (secondary N) is 2. The number of hydrogen-bond acceptors (Lipinski definition) is 6. The van der Waals surface area contributed by atoms with Crippen LogP contribution in [0.1, 0.15) is 36.9 Å². The van der Waals surface area contributed by atoms with Crippen molar-refractivity contribution in [2.24, 2.45) is 0 Å². The summed E-state index contributed by atoms with van der Waals surface area (Å²) in [5.41, 5.74) is 2.17. The predicted molar refractivity (Wildman–Crippen MR) is 85.7 cm³/mol. The minimum atomic E-state index is -0.0689. The summed E-state index contributed by atoms with van der Waals surface area (Å²) in [6, 6.07) is 5.89. The van der Waals surface area contributed by atoms with Crippen LogP contribution in [0.2, 0.25) is 0 Å². The number of rotatable bonds is 7. The molecule has 2 aromatic heterocycles. The fourth-order valence-corrected chi connectivity index (χ4v) is 2.17. The zero-order chi connectivity index (χ0) is 15.4. The monoisotopic (exact) mass is 299 g/mol. The number of aromatic nitrogens is 3. The second kappa shape index (κ2) is 6.70. The van der Waals surface area contributed by atoms with Crippen LogP contribution in [0.15, 0.2) is 30.6 Å². The highest BCUT2D eigenvalue weighted by Crippen LogP contribution is 2.39. The Hall–Kier alpha value is -2.21. The molecule has 0 bridgehead atoms. The normalized spacial score (nSPS) is 15.4. The maximum absolute atomic E-state index is 9.17. The van der Waals surface area contributed by atoms with Crippen LogP contribution in [0.5, 0.6) is 0 Å². The lowest BCUT2D eigenvalue weighted by Crippen LogP contribution is -2.21. The van der Waals surface area contributed by atoms with Gasteiger partial charge in [-0.3, -0.25) is 4.98 Å². The van der Waals surface area contributed by atoms with E-state index >= 15 is 0 Å². The van der Waals surface area contributed by atoms with Gasteiger partial charge < -0.3 is 15.7 Å². The largest absolute Gasteiger partial charge is 0.394 e. The minimum Gasteiger partial charge on any atom is -0.394 e. The Balaban J connectivity index is 1.74. The van der Waals surface area contributed by atoms with Crippen molar-refractivity contribution in [1.82, 2.24) is 15.0 Å². The number of pyridine rings is 1. The molecule has 0 spiro atoms. The zero-order valence-electron chi connectivity index (χ0n) is 12.7. The van der Waals surface area contributed by atoms with E-state index in [-0.39, 0.29) is 12.6 Å². The van der Waals surface area contributed by atoms with E-state index in [1.54, 1.807) is 6.20 Å². The molecule has 1 fully saturated rings. The van der Waals surface area contributed by atoms with E-state index in [1.807, 2.05) is 31.3 Å². The summed E-state index contributed by atoms with van der Waals surface area (Å²) < 4.78 is 0. The van der Waals surface area contributed by atoms with Crippen LogP contribution < -0.4 is 10.6 Å². The van der Waals surface area contributed by atoms with Gasteiger partial charge in [0.25, 0.3) is 0 Å². The smallest absolute Gasteiger partial charge is 0.225 e. The first-order chi connectivity index (χ1) is 10.7. The first kappa shape index (κ1) is 14.7. The lowest BCUT2D eigenvalue weighted by Gasteiger charge is -2.14. The molecule has 1 atom stereocenters. The Morgan fingerprint density at radius 2 is 2.23 bits per heavy atom. The van der Waals surface area contributed by atoms with Gasteiger partial charge in [0.1, 0.15) is 5.82 Å². The van der Waals surface area contributed by atoms with Gasteiger partial charge in [0.15, 0.2) is 0 Å². The van der Waals surface area contributed by atoms with Crippen LogP contribution in [0.25, 0.3) is 0 Å². The van der Waals surface area contributed by atoms with Gasteiger partial charge in [0.05, 0.1) is 12.3 Å². The fraction of sp³-hybridized carbons (Fsp3) is 0.438. The van der Waals surface area contributed by atoms with Crippen molar-refractivity contribution in [2.75, 3.05) is 17.2 Å². The average molecular weight is 299 g/mol. The van der Waals surface area contributed by atoms with E-state index < -0.39 is 0 Å². The first-order valence-electron chi connectivity index (χ1n) is 7.63. The second-order valence-corrected chi connectivity index (χ2v) is 5.72. The minimum absolute atomic E-state index is 0.0511. The summed E-state index contributed by atoms with van der Waals surface area (Å²) in [7, 11) is 0. The lowest BCUT2D eigenvalue weighted by molar-refractivity contribution is 0.281. The third-order valence-corrected chi connectivity index (χ3v) is 3.59. The molecule has 1 saturated carbocycles. The maximum Gasteiger partial charge on any atom is 0.225 e. The number of hydrogen-bond donors (Lipinski definition) is 3. The van der Waals surface area contributed by atoms with Crippen LogP contribution in [-0.2, 0) is 6.54 Å². The first-order valence-corrected chi connectivity index (χ1v) is 7.63. The molecule has 0 radical (unpaired) electrons. The summed E-state index contributed by atoms with van der Waals surface area (Å²) in [5.74, 6) is 1.92. The molecule has 0 aliphatic heterocycles. The van der Waals surface area contributed by atoms with Crippen LogP contribution in [0.4, 0.5) is 11.8 Å². The highest BCUT2D eigenvalue weighted by molar-refractivity contribution is 5.44. The summed E-state index contributed by atoms with van der Waals surface area (Å²) in [5, 5.41) is 15.6. The van der Waals surface area contributed by atoms with Crippen molar-refractivity contribution in [3.05, 3.63) is 41.9 Å². The molecule has 1 aliphatic rings. The second-order valence-electron chi connectivity index (χ2n) is 5.72. The molecule has 6 nitrogen and oxygen atoms in total.